The van der Waals surface area contributed by atoms with Gasteiger partial charge in [0.2, 0.25) is 11.8 Å². The number of sulfonamides is 1. The first kappa shape index (κ1) is 30.2. The number of rotatable bonds is 11. The summed E-state index contributed by atoms with van der Waals surface area (Å²) in [5.74, 6) is -0.776. The van der Waals surface area contributed by atoms with E-state index in [2.05, 4.69) is 5.32 Å². The molecule has 2 amide bonds. The maximum absolute atomic E-state index is 14.0. The zero-order valence-corrected chi connectivity index (χ0v) is 24.6. The molecular weight excluding hydrogens is 534 g/mol. The van der Waals surface area contributed by atoms with Gasteiger partial charge in [0.25, 0.3) is 10.0 Å². The van der Waals surface area contributed by atoms with Crippen molar-refractivity contribution >= 4 is 39.1 Å². The lowest BCUT2D eigenvalue weighted by Gasteiger charge is -2.33. The van der Waals surface area contributed by atoms with E-state index in [0.717, 1.165) is 21.0 Å². The summed E-state index contributed by atoms with van der Waals surface area (Å²) in [6.07, 6.45) is 0.360. The number of benzene rings is 3. The van der Waals surface area contributed by atoms with E-state index < -0.39 is 28.5 Å². The Kier molecular flexibility index (Phi) is 10.2. The first-order valence-electron chi connectivity index (χ1n) is 13.0. The predicted molar refractivity (Wildman–Crippen MR) is 156 cm³/mol. The lowest BCUT2D eigenvalue weighted by Crippen LogP contribution is -2.52. The number of hydrogen-bond acceptors (Lipinski definition) is 4. The smallest absolute Gasteiger partial charge is 0.264 e. The average molecular weight is 570 g/mol. The number of nitrogens with zero attached hydrogens (tertiary/aromatic N) is 2. The summed E-state index contributed by atoms with van der Waals surface area (Å²) in [4.78, 5) is 28.6. The van der Waals surface area contributed by atoms with Crippen molar-refractivity contribution in [2.75, 3.05) is 17.4 Å². The van der Waals surface area contributed by atoms with Crippen LogP contribution in [0.4, 0.5) is 5.69 Å². The highest BCUT2D eigenvalue weighted by atomic mass is 35.5. The highest BCUT2D eigenvalue weighted by Gasteiger charge is 2.34. The number of hydrogen-bond donors (Lipinski definition) is 1. The Bertz CT molecular complexity index is 1410. The van der Waals surface area contributed by atoms with E-state index in [1.807, 2.05) is 46.8 Å². The average Bonchev–Trinajstić information content (AvgIpc) is 2.90. The van der Waals surface area contributed by atoms with Crippen LogP contribution in [0.2, 0.25) is 5.02 Å². The Morgan fingerprint density at radius 3 is 2.10 bits per heavy atom. The fraction of sp³-hybridized carbons (Fsp3) is 0.333. The Balaban J connectivity index is 2.10. The number of aryl methyl sites for hydroxylation is 3. The van der Waals surface area contributed by atoms with Crippen molar-refractivity contribution in [2.24, 2.45) is 0 Å². The van der Waals surface area contributed by atoms with Gasteiger partial charge in [-0.15, -0.1) is 0 Å². The lowest BCUT2D eigenvalue weighted by atomic mass is 10.1. The maximum Gasteiger partial charge on any atom is 0.264 e. The van der Waals surface area contributed by atoms with E-state index in [1.165, 1.54) is 4.90 Å². The SMILES string of the molecule is CCNC(=O)[C@H](CC)N(Cc1ccc(Cl)cc1)C(=O)CN(c1cc(C)ccc1C)S(=O)(=O)c1ccc(C)cc1. The minimum absolute atomic E-state index is 0.0850. The van der Waals surface area contributed by atoms with Gasteiger partial charge < -0.3 is 10.2 Å². The molecule has 208 valence electrons. The molecule has 3 aromatic rings. The van der Waals surface area contributed by atoms with E-state index in [4.69, 9.17) is 11.6 Å². The van der Waals surface area contributed by atoms with E-state index in [9.17, 15) is 18.0 Å². The first-order chi connectivity index (χ1) is 18.5. The zero-order valence-electron chi connectivity index (χ0n) is 23.1. The molecule has 9 heteroatoms. The summed E-state index contributed by atoms with van der Waals surface area (Å²) >= 11 is 6.06. The second-order valence-corrected chi connectivity index (χ2v) is 11.9. The fourth-order valence-electron chi connectivity index (χ4n) is 4.34. The zero-order chi connectivity index (χ0) is 28.7. The summed E-state index contributed by atoms with van der Waals surface area (Å²) in [7, 11) is -4.11. The largest absolute Gasteiger partial charge is 0.355 e. The molecule has 0 saturated carbocycles. The standard InChI is InChI=1S/C30H36ClN3O4S/c1-6-27(30(36)32-7-2)33(19-24-12-14-25(31)15-13-24)29(35)20-34(28-18-22(4)8-11-23(28)5)39(37,38)26-16-9-21(3)10-17-26/h8-18,27H,6-7,19-20H2,1-5H3,(H,32,36)/t27-/m0/s1. The van der Waals surface area contributed by atoms with Crippen LogP contribution in [0.25, 0.3) is 0 Å². The molecule has 0 fully saturated rings. The van der Waals surface area contributed by atoms with E-state index in [-0.39, 0.29) is 17.3 Å². The van der Waals surface area contributed by atoms with Crippen molar-refractivity contribution in [1.82, 2.24) is 10.2 Å². The van der Waals surface area contributed by atoms with Crippen molar-refractivity contribution in [2.45, 2.75) is 58.5 Å². The van der Waals surface area contributed by atoms with Gasteiger partial charge in [-0.05, 0) is 81.1 Å². The number of likely N-dealkylation sites (N-methyl/N-ethyl adjacent to an activating group) is 1. The number of carbonyl (C=O) groups is 2. The van der Waals surface area contributed by atoms with Crippen molar-refractivity contribution in [3.8, 4) is 0 Å². The summed E-state index contributed by atoms with van der Waals surface area (Å²) in [5, 5.41) is 3.36. The van der Waals surface area contributed by atoms with Crippen LogP contribution >= 0.6 is 11.6 Å². The van der Waals surface area contributed by atoms with Crippen LogP contribution in [-0.4, -0.2) is 44.3 Å². The van der Waals surface area contributed by atoms with Gasteiger partial charge in [0, 0.05) is 18.1 Å². The van der Waals surface area contributed by atoms with E-state index in [1.54, 1.807) is 54.6 Å². The number of anilines is 1. The first-order valence-corrected chi connectivity index (χ1v) is 14.8. The summed E-state index contributed by atoms with van der Waals surface area (Å²) < 4.78 is 29.2. The van der Waals surface area contributed by atoms with Crippen LogP contribution in [0.3, 0.4) is 0 Å². The highest BCUT2D eigenvalue weighted by molar-refractivity contribution is 7.92. The molecule has 39 heavy (non-hydrogen) atoms. The fourth-order valence-corrected chi connectivity index (χ4v) is 5.93. The molecule has 0 aromatic heterocycles. The number of halogens is 1. The van der Waals surface area contributed by atoms with E-state index >= 15 is 0 Å². The molecule has 7 nitrogen and oxygen atoms in total. The maximum atomic E-state index is 14.0. The third-order valence-electron chi connectivity index (χ3n) is 6.52. The molecule has 0 unspecified atom stereocenters. The monoisotopic (exact) mass is 569 g/mol. The Morgan fingerprint density at radius 1 is 0.897 bits per heavy atom. The molecule has 0 aliphatic heterocycles. The van der Waals surface area contributed by atoms with Gasteiger partial charge in [0.1, 0.15) is 12.6 Å². The van der Waals surface area contributed by atoms with Gasteiger partial charge in [0.05, 0.1) is 10.6 Å². The van der Waals surface area contributed by atoms with Gasteiger partial charge in [0.15, 0.2) is 0 Å². The molecule has 1 atom stereocenters. The second-order valence-electron chi connectivity index (χ2n) is 9.58. The summed E-state index contributed by atoms with van der Waals surface area (Å²) in [6, 6.07) is 18.3. The minimum atomic E-state index is -4.11. The lowest BCUT2D eigenvalue weighted by molar-refractivity contribution is -0.140. The summed E-state index contributed by atoms with van der Waals surface area (Å²) in [6.45, 7) is 9.27. The van der Waals surface area contributed by atoms with Crippen LogP contribution in [0.1, 0.15) is 42.5 Å². The van der Waals surface area contributed by atoms with Gasteiger partial charge in [-0.1, -0.05) is 60.5 Å². The van der Waals surface area contributed by atoms with Gasteiger partial charge >= 0.3 is 0 Å². The second kappa shape index (κ2) is 13.1. The molecule has 0 aliphatic rings. The van der Waals surface area contributed by atoms with Crippen molar-refractivity contribution < 1.29 is 18.0 Å². The Hall–Kier alpha value is -3.36. The molecule has 3 rings (SSSR count). The highest BCUT2D eigenvalue weighted by Crippen LogP contribution is 2.29. The third-order valence-corrected chi connectivity index (χ3v) is 8.55. The van der Waals surface area contributed by atoms with E-state index in [0.29, 0.717) is 29.2 Å². The van der Waals surface area contributed by atoms with Gasteiger partial charge in [-0.25, -0.2) is 8.42 Å². The Labute approximate surface area is 236 Å². The summed E-state index contributed by atoms with van der Waals surface area (Å²) in [5.41, 5.74) is 3.69. The molecule has 0 saturated heterocycles. The molecule has 0 bridgehead atoms. The molecule has 0 heterocycles. The van der Waals surface area contributed by atoms with Crippen molar-refractivity contribution in [3.63, 3.8) is 0 Å². The molecule has 0 aliphatic carbocycles. The number of amides is 2. The van der Waals surface area contributed by atoms with Crippen LogP contribution in [0.15, 0.2) is 71.6 Å². The normalized spacial score (nSPS) is 12.1. The topological polar surface area (TPSA) is 86.8 Å². The quantitative estimate of drug-likeness (QED) is 0.335. The molecule has 0 spiro atoms. The molecular formula is C30H36ClN3O4S. The van der Waals surface area contributed by atoms with Gasteiger partial charge in [-0.2, -0.15) is 0 Å². The number of nitrogens with one attached hydrogen (secondary N) is 1. The van der Waals surface area contributed by atoms with Crippen LogP contribution in [0.5, 0.6) is 0 Å². The third kappa shape index (κ3) is 7.40. The van der Waals surface area contributed by atoms with Gasteiger partial charge in [-0.3, -0.25) is 13.9 Å². The molecule has 0 radical (unpaired) electrons. The number of carbonyl (C=O) groups excluding carboxylic acids is 2. The molecule has 3 aromatic carbocycles. The van der Waals surface area contributed by atoms with Crippen LogP contribution in [0, 0.1) is 20.8 Å². The Morgan fingerprint density at radius 2 is 1.51 bits per heavy atom. The molecule has 1 N–H and O–H groups in total. The van der Waals surface area contributed by atoms with Crippen LogP contribution in [-0.2, 0) is 26.2 Å². The van der Waals surface area contributed by atoms with Crippen LogP contribution < -0.4 is 9.62 Å². The van der Waals surface area contributed by atoms with Crippen molar-refractivity contribution in [1.29, 1.82) is 0 Å². The predicted octanol–water partition coefficient (Wildman–Crippen LogP) is 5.40. The minimum Gasteiger partial charge on any atom is -0.355 e. The van der Waals surface area contributed by atoms with Crippen molar-refractivity contribution in [3.05, 3.63) is 94.0 Å².